The largest absolute Gasteiger partial charge is 0.503 e. The van der Waals surface area contributed by atoms with Crippen LogP contribution in [0.5, 0.6) is 0 Å². The van der Waals surface area contributed by atoms with Crippen LogP contribution in [0.2, 0.25) is 0 Å². The molecule has 4 nitrogen and oxygen atoms in total. The smallest absolute Gasteiger partial charge is 0.290 e. The van der Waals surface area contributed by atoms with Gasteiger partial charge >= 0.3 is 0 Å². The average Bonchev–Trinajstić information content (AvgIpc) is 3.17. The molecule has 1 amide bonds. The number of amides is 1. The van der Waals surface area contributed by atoms with Gasteiger partial charge in [0.05, 0.1) is 16.5 Å². The molecule has 124 valence electrons. The standard InChI is InChI=1S/C19H19NO3S/c1-3-9-20-16(13-7-4-6-12(2)11-13)15(18(22)19(20)23)17(21)14-8-5-10-24-14/h4-8,10-11,16,22H,3,9H2,1-2H3. The molecule has 1 aromatic carbocycles. The molecule has 1 atom stereocenters. The summed E-state index contributed by atoms with van der Waals surface area (Å²) in [5.41, 5.74) is 2.08. The molecule has 0 spiro atoms. The van der Waals surface area contributed by atoms with E-state index in [-0.39, 0.29) is 11.4 Å². The molecule has 0 bridgehead atoms. The number of aryl methyl sites for hydroxylation is 1. The summed E-state index contributed by atoms with van der Waals surface area (Å²) in [6.07, 6.45) is 0.752. The first-order valence-corrected chi connectivity index (χ1v) is 8.81. The zero-order chi connectivity index (χ0) is 17.3. The molecule has 0 fully saturated rings. The highest BCUT2D eigenvalue weighted by Gasteiger charge is 2.43. The summed E-state index contributed by atoms with van der Waals surface area (Å²) < 4.78 is 0. The Morgan fingerprint density at radius 3 is 2.71 bits per heavy atom. The van der Waals surface area contributed by atoms with Crippen molar-refractivity contribution in [1.29, 1.82) is 0 Å². The van der Waals surface area contributed by atoms with E-state index in [0.717, 1.165) is 17.5 Å². The van der Waals surface area contributed by atoms with Crippen LogP contribution in [0, 0.1) is 6.92 Å². The van der Waals surface area contributed by atoms with Gasteiger partial charge in [0.1, 0.15) is 0 Å². The van der Waals surface area contributed by atoms with Gasteiger partial charge in [-0.05, 0) is 30.4 Å². The molecule has 5 heteroatoms. The van der Waals surface area contributed by atoms with Gasteiger partial charge in [0, 0.05) is 6.54 Å². The lowest BCUT2D eigenvalue weighted by molar-refractivity contribution is -0.129. The Morgan fingerprint density at radius 1 is 1.29 bits per heavy atom. The van der Waals surface area contributed by atoms with E-state index in [4.69, 9.17) is 0 Å². The molecule has 2 aromatic rings. The molecule has 2 heterocycles. The molecule has 0 saturated heterocycles. The number of benzene rings is 1. The molecule has 24 heavy (non-hydrogen) atoms. The van der Waals surface area contributed by atoms with Crippen LogP contribution < -0.4 is 0 Å². The Kier molecular flexibility index (Phi) is 4.53. The first kappa shape index (κ1) is 16.5. The maximum atomic E-state index is 12.9. The van der Waals surface area contributed by atoms with Crippen LogP contribution in [0.4, 0.5) is 0 Å². The van der Waals surface area contributed by atoms with Gasteiger partial charge in [-0.1, -0.05) is 42.8 Å². The van der Waals surface area contributed by atoms with Gasteiger partial charge in [0.25, 0.3) is 5.91 Å². The average molecular weight is 341 g/mol. The summed E-state index contributed by atoms with van der Waals surface area (Å²) >= 11 is 1.31. The van der Waals surface area contributed by atoms with Gasteiger partial charge < -0.3 is 10.0 Å². The number of carbonyl (C=O) groups is 2. The van der Waals surface area contributed by atoms with E-state index < -0.39 is 17.7 Å². The van der Waals surface area contributed by atoms with Crippen LogP contribution in [0.1, 0.15) is 40.2 Å². The molecule has 1 N–H and O–H groups in total. The number of hydrogen-bond acceptors (Lipinski definition) is 4. The highest BCUT2D eigenvalue weighted by atomic mass is 32.1. The highest BCUT2D eigenvalue weighted by molar-refractivity contribution is 7.12. The Morgan fingerprint density at radius 2 is 2.08 bits per heavy atom. The van der Waals surface area contributed by atoms with Crippen LogP contribution >= 0.6 is 11.3 Å². The van der Waals surface area contributed by atoms with Crippen molar-refractivity contribution in [3.05, 3.63) is 69.1 Å². The third kappa shape index (κ3) is 2.76. The maximum absolute atomic E-state index is 12.9. The summed E-state index contributed by atoms with van der Waals surface area (Å²) in [7, 11) is 0. The second-order valence-corrected chi connectivity index (χ2v) is 6.83. The fraction of sp³-hybridized carbons (Fsp3) is 0.263. The number of aliphatic hydroxyl groups is 1. The third-order valence-corrected chi connectivity index (χ3v) is 4.98. The molecule has 3 rings (SSSR count). The molecule has 0 radical (unpaired) electrons. The van der Waals surface area contributed by atoms with E-state index in [1.54, 1.807) is 17.0 Å². The van der Waals surface area contributed by atoms with E-state index in [9.17, 15) is 14.7 Å². The Labute approximate surface area is 145 Å². The van der Waals surface area contributed by atoms with Crippen LogP contribution in [-0.4, -0.2) is 28.2 Å². The Balaban J connectivity index is 2.12. The first-order chi connectivity index (χ1) is 11.5. The molecule has 0 saturated carbocycles. The number of Topliss-reactive ketones (excluding diaryl/α,β-unsaturated/α-hetero) is 1. The second-order valence-electron chi connectivity index (χ2n) is 5.88. The fourth-order valence-electron chi connectivity index (χ4n) is 3.08. The molecule has 1 unspecified atom stereocenters. The topological polar surface area (TPSA) is 57.6 Å². The predicted octanol–water partition coefficient (Wildman–Crippen LogP) is 4.04. The van der Waals surface area contributed by atoms with Crippen molar-refractivity contribution in [2.24, 2.45) is 0 Å². The van der Waals surface area contributed by atoms with Gasteiger partial charge in [-0.15, -0.1) is 11.3 Å². The minimum atomic E-state index is -0.535. The van der Waals surface area contributed by atoms with E-state index in [0.29, 0.717) is 11.4 Å². The van der Waals surface area contributed by atoms with Crippen molar-refractivity contribution in [3.63, 3.8) is 0 Å². The van der Waals surface area contributed by atoms with Gasteiger partial charge in [-0.25, -0.2) is 0 Å². The number of nitrogens with zero attached hydrogens (tertiary/aromatic N) is 1. The number of carbonyl (C=O) groups excluding carboxylic acids is 2. The zero-order valence-electron chi connectivity index (χ0n) is 13.7. The SMILES string of the molecule is CCCN1C(=O)C(O)=C(C(=O)c2cccs2)C1c1cccc(C)c1. The number of ketones is 1. The number of thiophene rings is 1. The molecular weight excluding hydrogens is 322 g/mol. The van der Waals surface area contributed by atoms with Crippen molar-refractivity contribution in [2.75, 3.05) is 6.54 Å². The number of hydrogen-bond donors (Lipinski definition) is 1. The molecule has 1 aromatic heterocycles. The van der Waals surface area contributed by atoms with Crippen molar-refractivity contribution in [3.8, 4) is 0 Å². The Hall–Kier alpha value is -2.40. The van der Waals surface area contributed by atoms with Crippen molar-refractivity contribution >= 4 is 23.0 Å². The van der Waals surface area contributed by atoms with Crippen LogP contribution in [0.25, 0.3) is 0 Å². The molecular formula is C19H19NO3S. The maximum Gasteiger partial charge on any atom is 0.290 e. The van der Waals surface area contributed by atoms with Crippen molar-refractivity contribution < 1.29 is 14.7 Å². The predicted molar refractivity (Wildman–Crippen MR) is 94.2 cm³/mol. The van der Waals surface area contributed by atoms with Crippen molar-refractivity contribution in [1.82, 2.24) is 4.90 Å². The molecule has 0 aliphatic carbocycles. The van der Waals surface area contributed by atoms with Crippen LogP contribution in [0.3, 0.4) is 0 Å². The van der Waals surface area contributed by atoms with E-state index in [1.165, 1.54) is 11.3 Å². The van der Waals surface area contributed by atoms with E-state index in [2.05, 4.69) is 0 Å². The fourth-order valence-corrected chi connectivity index (χ4v) is 3.76. The van der Waals surface area contributed by atoms with Gasteiger partial charge in [0.15, 0.2) is 5.76 Å². The molecule has 1 aliphatic heterocycles. The lowest BCUT2D eigenvalue weighted by Gasteiger charge is -2.26. The summed E-state index contributed by atoms with van der Waals surface area (Å²) in [4.78, 5) is 27.5. The van der Waals surface area contributed by atoms with Gasteiger partial charge in [0.2, 0.25) is 5.78 Å². The van der Waals surface area contributed by atoms with Gasteiger partial charge in [-0.3, -0.25) is 9.59 Å². The second kappa shape index (κ2) is 6.61. The molecule has 1 aliphatic rings. The third-order valence-electron chi connectivity index (χ3n) is 4.12. The summed E-state index contributed by atoms with van der Waals surface area (Å²) in [6.45, 7) is 4.42. The number of aliphatic hydroxyl groups excluding tert-OH is 1. The van der Waals surface area contributed by atoms with E-state index >= 15 is 0 Å². The summed E-state index contributed by atoms with van der Waals surface area (Å²) in [5.74, 6) is -1.17. The highest BCUT2D eigenvalue weighted by Crippen LogP contribution is 2.39. The minimum Gasteiger partial charge on any atom is -0.503 e. The summed E-state index contributed by atoms with van der Waals surface area (Å²) in [6, 6.07) is 10.7. The lowest BCUT2D eigenvalue weighted by atomic mass is 9.94. The summed E-state index contributed by atoms with van der Waals surface area (Å²) in [5, 5.41) is 12.2. The monoisotopic (exact) mass is 341 g/mol. The quantitative estimate of drug-likeness (QED) is 0.835. The minimum absolute atomic E-state index is 0.182. The number of rotatable bonds is 5. The van der Waals surface area contributed by atoms with Gasteiger partial charge in [-0.2, -0.15) is 0 Å². The Bertz CT molecular complexity index is 808. The van der Waals surface area contributed by atoms with Crippen molar-refractivity contribution in [2.45, 2.75) is 26.3 Å². The normalized spacial score (nSPS) is 17.7. The first-order valence-electron chi connectivity index (χ1n) is 7.93. The van der Waals surface area contributed by atoms with E-state index in [1.807, 2.05) is 43.5 Å². The van der Waals surface area contributed by atoms with Crippen LogP contribution in [0.15, 0.2) is 53.1 Å². The lowest BCUT2D eigenvalue weighted by Crippen LogP contribution is -2.31. The zero-order valence-corrected chi connectivity index (χ0v) is 14.5. The van der Waals surface area contributed by atoms with Crippen LogP contribution in [-0.2, 0) is 4.79 Å².